The lowest BCUT2D eigenvalue weighted by molar-refractivity contribution is -0.385. The van der Waals surface area contributed by atoms with Crippen molar-refractivity contribution < 1.29 is 32.4 Å². The van der Waals surface area contributed by atoms with Gasteiger partial charge in [0.25, 0.3) is 11.6 Å². The van der Waals surface area contributed by atoms with Crippen molar-refractivity contribution in [3.8, 4) is 11.5 Å². The van der Waals surface area contributed by atoms with Gasteiger partial charge in [-0.05, 0) is 24.3 Å². The average molecular weight is 405 g/mol. The van der Waals surface area contributed by atoms with Gasteiger partial charge >= 0.3 is 6.18 Å². The molecule has 7 nitrogen and oxygen atoms in total. The van der Waals surface area contributed by atoms with Crippen LogP contribution in [0.2, 0.25) is 5.02 Å². The molecule has 1 N–H and O–H groups in total. The Hall–Kier alpha value is -3.01. The quantitative estimate of drug-likeness (QED) is 0.572. The molecule has 2 aromatic rings. The third-order valence-corrected chi connectivity index (χ3v) is 3.51. The number of nitrogens with one attached hydrogen (secondary N) is 1. The minimum Gasteiger partial charge on any atom is -0.495 e. The van der Waals surface area contributed by atoms with E-state index in [0.717, 1.165) is 12.1 Å². The summed E-state index contributed by atoms with van der Waals surface area (Å²) in [6, 6.07) is 6.39. The van der Waals surface area contributed by atoms with E-state index in [1.165, 1.54) is 25.3 Å². The molecule has 0 unspecified atom stereocenters. The summed E-state index contributed by atoms with van der Waals surface area (Å²) in [7, 11) is 1.36. The van der Waals surface area contributed by atoms with Crippen molar-refractivity contribution in [1.82, 2.24) is 0 Å². The lowest BCUT2D eigenvalue weighted by Crippen LogP contribution is -2.21. The number of carbonyl (C=O) groups is 1. The van der Waals surface area contributed by atoms with Gasteiger partial charge in [-0.3, -0.25) is 14.9 Å². The van der Waals surface area contributed by atoms with E-state index in [-0.39, 0.29) is 5.69 Å². The van der Waals surface area contributed by atoms with Crippen molar-refractivity contribution in [2.45, 2.75) is 6.18 Å². The van der Waals surface area contributed by atoms with Crippen LogP contribution in [-0.2, 0) is 11.0 Å². The summed E-state index contributed by atoms with van der Waals surface area (Å²) in [4.78, 5) is 21.7. The second-order valence-corrected chi connectivity index (χ2v) is 5.55. The Balaban J connectivity index is 2.15. The molecule has 0 atom stereocenters. The smallest absolute Gasteiger partial charge is 0.420 e. The Labute approximate surface area is 155 Å². The molecular formula is C16H12ClF3N2O5. The molecule has 144 valence electrons. The van der Waals surface area contributed by atoms with Crippen molar-refractivity contribution in [2.24, 2.45) is 0 Å². The van der Waals surface area contributed by atoms with E-state index >= 15 is 0 Å². The summed E-state index contributed by atoms with van der Waals surface area (Å²) in [6.07, 6.45) is -4.89. The minimum atomic E-state index is -4.89. The summed E-state index contributed by atoms with van der Waals surface area (Å²) in [5, 5.41) is 13.4. The molecule has 27 heavy (non-hydrogen) atoms. The number of nitro benzene ring substituents is 1. The molecule has 11 heteroatoms. The van der Waals surface area contributed by atoms with Crippen LogP contribution >= 0.6 is 11.6 Å². The van der Waals surface area contributed by atoms with Crippen LogP contribution < -0.4 is 14.8 Å². The van der Waals surface area contributed by atoms with Gasteiger partial charge in [0.2, 0.25) is 0 Å². The summed E-state index contributed by atoms with van der Waals surface area (Å²) < 4.78 is 49.2. The summed E-state index contributed by atoms with van der Waals surface area (Å²) in [5.41, 5.74) is -1.90. The van der Waals surface area contributed by atoms with Gasteiger partial charge in [-0.25, -0.2) is 0 Å². The van der Waals surface area contributed by atoms with E-state index < -0.39 is 40.6 Å². The molecule has 0 saturated heterocycles. The summed E-state index contributed by atoms with van der Waals surface area (Å²) in [5.74, 6) is -1.19. The van der Waals surface area contributed by atoms with Crippen molar-refractivity contribution >= 4 is 28.9 Å². The molecule has 0 radical (unpaired) electrons. The molecule has 0 aliphatic heterocycles. The fourth-order valence-electron chi connectivity index (χ4n) is 2.09. The first-order valence-electron chi connectivity index (χ1n) is 7.23. The Morgan fingerprint density at radius 1 is 1.22 bits per heavy atom. The monoisotopic (exact) mass is 404 g/mol. The first-order chi connectivity index (χ1) is 12.6. The molecule has 1 amide bonds. The molecule has 0 fully saturated rings. The fourth-order valence-corrected chi connectivity index (χ4v) is 2.26. The summed E-state index contributed by atoms with van der Waals surface area (Å²) >= 11 is 5.82. The number of methoxy groups -OCH3 is 1. The maximum absolute atomic E-state index is 13.1. The highest BCUT2D eigenvalue weighted by atomic mass is 35.5. The van der Waals surface area contributed by atoms with Crippen LogP contribution in [0.15, 0.2) is 36.4 Å². The summed E-state index contributed by atoms with van der Waals surface area (Å²) in [6.45, 7) is -0.767. The molecule has 0 aliphatic carbocycles. The van der Waals surface area contributed by atoms with Gasteiger partial charge in [0, 0.05) is 17.2 Å². The Morgan fingerprint density at radius 2 is 1.89 bits per heavy atom. The van der Waals surface area contributed by atoms with Crippen LogP contribution in [0.25, 0.3) is 0 Å². The number of hydrogen-bond donors (Lipinski definition) is 1. The molecule has 0 heterocycles. The van der Waals surface area contributed by atoms with Crippen LogP contribution in [0.3, 0.4) is 0 Å². The van der Waals surface area contributed by atoms with E-state index in [2.05, 4.69) is 5.32 Å². The van der Waals surface area contributed by atoms with E-state index in [1.807, 2.05) is 0 Å². The van der Waals surface area contributed by atoms with Crippen LogP contribution in [0.5, 0.6) is 11.5 Å². The first kappa shape index (κ1) is 20.3. The van der Waals surface area contributed by atoms with E-state index in [0.29, 0.717) is 16.8 Å². The number of non-ortho nitro benzene ring substituents is 1. The zero-order valence-corrected chi connectivity index (χ0v) is 14.4. The number of nitrogens with zero attached hydrogens (tertiary/aromatic N) is 1. The zero-order chi connectivity index (χ0) is 20.2. The topological polar surface area (TPSA) is 90.7 Å². The van der Waals surface area contributed by atoms with Gasteiger partial charge in [-0.15, -0.1) is 0 Å². The zero-order valence-electron chi connectivity index (χ0n) is 13.7. The van der Waals surface area contributed by atoms with Crippen molar-refractivity contribution in [3.05, 3.63) is 57.1 Å². The van der Waals surface area contributed by atoms with E-state index in [4.69, 9.17) is 21.1 Å². The molecule has 0 bridgehead atoms. The van der Waals surface area contributed by atoms with Gasteiger partial charge in [0.1, 0.15) is 17.1 Å². The van der Waals surface area contributed by atoms with Crippen LogP contribution in [0, 0.1) is 10.1 Å². The lowest BCUT2D eigenvalue weighted by Gasteiger charge is -2.14. The number of halogens is 4. The first-order valence-corrected chi connectivity index (χ1v) is 7.61. The molecule has 0 saturated carbocycles. The fraction of sp³-hybridized carbons (Fsp3) is 0.188. The normalized spacial score (nSPS) is 11.0. The number of anilines is 1. The van der Waals surface area contributed by atoms with Gasteiger partial charge in [-0.2, -0.15) is 13.2 Å². The highest BCUT2D eigenvalue weighted by molar-refractivity contribution is 6.31. The SMILES string of the molecule is COc1ccc(Cl)cc1NC(=O)COc1ccc([N+](=O)[O-])cc1C(F)(F)F. The van der Waals surface area contributed by atoms with Crippen LogP contribution in [0.4, 0.5) is 24.5 Å². The molecule has 0 aliphatic rings. The Bertz CT molecular complexity index is 874. The molecule has 0 spiro atoms. The number of carbonyl (C=O) groups excluding carboxylic acids is 1. The van der Waals surface area contributed by atoms with Crippen molar-refractivity contribution in [3.63, 3.8) is 0 Å². The van der Waals surface area contributed by atoms with Crippen LogP contribution in [-0.4, -0.2) is 24.5 Å². The molecular weight excluding hydrogens is 393 g/mol. The Morgan fingerprint density at radius 3 is 2.48 bits per heavy atom. The van der Waals surface area contributed by atoms with Crippen molar-refractivity contribution in [1.29, 1.82) is 0 Å². The van der Waals surface area contributed by atoms with Crippen LogP contribution in [0.1, 0.15) is 5.56 Å². The lowest BCUT2D eigenvalue weighted by atomic mass is 10.1. The standard InChI is InChI=1S/C16H12ClF3N2O5/c1-26-14-4-2-9(17)6-12(14)21-15(23)8-27-13-5-3-10(22(24)25)7-11(13)16(18,19)20/h2-7H,8H2,1H3,(H,21,23). The second kappa shape index (κ2) is 8.12. The van der Waals surface area contributed by atoms with Gasteiger partial charge in [-0.1, -0.05) is 11.6 Å². The number of benzene rings is 2. The number of amides is 1. The third kappa shape index (κ3) is 5.23. The van der Waals surface area contributed by atoms with Gasteiger partial charge in [0.15, 0.2) is 6.61 Å². The highest BCUT2D eigenvalue weighted by Crippen LogP contribution is 2.38. The average Bonchev–Trinajstić information content (AvgIpc) is 2.59. The maximum Gasteiger partial charge on any atom is 0.420 e. The van der Waals surface area contributed by atoms with E-state index in [1.54, 1.807) is 0 Å². The number of ether oxygens (including phenoxy) is 2. The number of nitro groups is 1. The van der Waals surface area contributed by atoms with E-state index in [9.17, 15) is 28.1 Å². The van der Waals surface area contributed by atoms with Gasteiger partial charge in [0.05, 0.1) is 17.7 Å². The highest BCUT2D eigenvalue weighted by Gasteiger charge is 2.36. The predicted molar refractivity (Wildman–Crippen MR) is 90.2 cm³/mol. The van der Waals surface area contributed by atoms with Gasteiger partial charge < -0.3 is 14.8 Å². The number of rotatable bonds is 6. The minimum absolute atomic E-state index is 0.207. The molecule has 2 rings (SSSR count). The number of alkyl halides is 3. The van der Waals surface area contributed by atoms with Crippen molar-refractivity contribution in [2.75, 3.05) is 19.0 Å². The largest absolute Gasteiger partial charge is 0.495 e. The molecule has 0 aromatic heterocycles. The Kier molecular flexibility index (Phi) is 6.11. The maximum atomic E-state index is 13.1. The third-order valence-electron chi connectivity index (χ3n) is 3.27. The second-order valence-electron chi connectivity index (χ2n) is 5.12. The predicted octanol–water partition coefficient (Wildman–Crippen LogP) is 4.29. The molecule has 2 aromatic carbocycles. The number of hydrogen-bond acceptors (Lipinski definition) is 5.